The van der Waals surface area contributed by atoms with Gasteiger partial charge in [-0.15, -0.1) is 11.1 Å². The molecule has 0 aliphatic carbocycles. The molecule has 0 unspecified atom stereocenters. The van der Waals surface area contributed by atoms with Crippen LogP contribution in [0.15, 0.2) is 12.2 Å². The van der Waals surface area contributed by atoms with Crippen LogP contribution in [0.4, 0.5) is 0 Å². The minimum atomic E-state index is -1.38. The average molecular weight is 389 g/mol. The monoisotopic (exact) mass is 388 g/mol. The van der Waals surface area contributed by atoms with Gasteiger partial charge in [0.25, 0.3) is 0 Å². The summed E-state index contributed by atoms with van der Waals surface area (Å²) in [5, 5.41) is 0. The molecule has 0 rings (SSSR count). The predicted octanol–water partition coefficient (Wildman–Crippen LogP) is 7.99. The molecular weight excluding hydrogens is 344 g/mol. The molecule has 0 spiro atoms. The smallest absolute Gasteiger partial charge is 0.126 e. The van der Waals surface area contributed by atoms with Gasteiger partial charge in [-0.2, -0.15) is 0 Å². The standard InChI is InChI=1S/C24H44Si2/c1-7-17-25(18-8-2,19-9-3)23-15-13-14-16-24-26(20-10-4,21-11-5)22-12-6/h13-14H,7-12,17-22H2,1-6H3/b14-13-. The molecule has 0 bridgehead atoms. The summed E-state index contributed by atoms with van der Waals surface area (Å²) in [4.78, 5) is 0. The van der Waals surface area contributed by atoms with E-state index in [0.717, 1.165) is 0 Å². The lowest BCUT2D eigenvalue weighted by Crippen LogP contribution is -2.32. The van der Waals surface area contributed by atoms with E-state index in [0.29, 0.717) is 0 Å². The molecule has 0 aromatic rings. The Bertz CT molecular complexity index is 416. The van der Waals surface area contributed by atoms with Crippen LogP contribution in [0.3, 0.4) is 0 Å². The van der Waals surface area contributed by atoms with Gasteiger partial charge >= 0.3 is 0 Å². The molecule has 0 fully saturated rings. The van der Waals surface area contributed by atoms with Crippen LogP contribution in [-0.4, -0.2) is 16.1 Å². The zero-order chi connectivity index (χ0) is 19.7. The van der Waals surface area contributed by atoms with Gasteiger partial charge in [0.2, 0.25) is 0 Å². The third-order valence-corrected chi connectivity index (χ3v) is 15.4. The Balaban J connectivity index is 5.22. The summed E-state index contributed by atoms with van der Waals surface area (Å²) < 4.78 is 0. The second kappa shape index (κ2) is 15.4. The highest BCUT2D eigenvalue weighted by molar-refractivity contribution is 6.87. The number of hydrogen-bond acceptors (Lipinski definition) is 0. The van der Waals surface area contributed by atoms with Gasteiger partial charge in [-0.1, -0.05) is 91.9 Å². The molecule has 0 saturated heterocycles. The normalized spacial score (nSPS) is 11.8. The highest BCUT2D eigenvalue weighted by atomic mass is 28.3. The molecule has 26 heavy (non-hydrogen) atoms. The molecule has 0 N–H and O–H groups in total. The fraction of sp³-hybridized carbons (Fsp3) is 0.750. The summed E-state index contributed by atoms with van der Waals surface area (Å²) in [6.45, 7) is 13.9. The minimum absolute atomic E-state index is 1.28. The van der Waals surface area contributed by atoms with Gasteiger partial charge in [0.05, 0.1) is 0 Å². The molecular formula is C24H44Si2. The van der Waals surface area contributed by atoms with Crippen molar-refractivity contribution in [3.63, 3.8) is 0 Å². The van der Waals surface area contributed by atoms with E-state index in [1.54, 1.807) is 0 Å². The van der Waals surface area contributed by atoms with Crippen molar-refractivity contribution in [2.75, 3.05) is 0 Å². The van der Waals surface area contributed by atoms with Crippen molar-refractivity contribution in [2.24, 2.45) is 0 Å². The lowest BCUT2D eigenvalue weighted by Gasteiger charge is -2.24. The fourth-order valence-electron chi connectivity index (χ4n) is 4.47. The molecule has 0 radical (unpaired) electrons. The van der Waals surface area contributed by atoms with E-state index in [-0.39, 0.29) is 0 Å². The quantitative estimate of drug-likeness (QED) is 0.235. The van der Waals surface area contributed by atoms with E-state index in [2.05, 4.69) is 64.5 Å². The van der Waals surface area contributed by atoms with E-state index >= 15 is 0 Å². The molecule has 0 aromatic carbocycles. The third-order valence-electron chi connectivity index (χ3n) is 5.30. The first-order valence-electron chi connectivity index (χ1n) is 11.3. The number of rotatable bonds is 12. The summed E-state index contributed by atoms with van der Waals surface area (Å²) in [6.07, 6.45) is 11.8. The van der Waals surface area contributed by atoms with Crippen LogP contribution in [0.25, 0.3) is 0 Å². The van der Waals surface area contributed by atoms with E-state index in [1.165, 1.54) is 74.8 Å². The fourth-order valence-corrected chi connectivity index (χ4v) is 13.2. The van der Waals surface area contributed by atoms with Gasteiger partial charge in [0.15, 0.2) is 0 Å². The molecule has 0 saturated carbocycles. The second-order valence-electron chi connectivity index (χ2n) is 7.93. The topological polar surface area (TPSA) is 0 Å². The zero-order valence-electron chi connectivity index (χ0n) is 18.6. The molecule has 2 heteroatoms. The Kier molecular flexibility index (Phi) is 14.9. The molecule has 0 amide bonds. The van der Waals surface area contributed by atoms with Crippen LogP contribution >= 0.6 is 0 Å². The summed E-state index contributed by atoms with van der Waals surface area (Å²) in [5.74, 6) is 6.81. The van der Waals surface area contributed by atoms with Crippen LogP contribution in [0.5, 0.6) is 0 Å². The lowest BCUT2D eigenvalue weighted by atomic mass is 10.5. The van der Waals surface area contributed by atoms with Crippen molar-refractivity contribution in [3.8, 4) is 22.9 Å². The van der Waals surface area contributed by atoms with Crippen molar-refractivity contribution >= 4 is 16.1 Å². The predicted molar refractivity (Wildman–Crippen MR) is 127 cm³/mol. The third kappa shape index (κ3) is 9.84. The molecule has 0 aliphatic heterocycles. The maximum Gasteiger partial charge on any atom is 0.138 e. The van der Waals surface area contributed by atoms with Crippen LogP contribution in [0.1, 0.15) is 80.1 Å². The van der Waals surface area contributed by atoms with Gasteiger partial charge in [0, 0.05) is 0 Å². The molecule has 0 aliphatic rings. The van der Waals surface area contributed by atoms with Gasteiger partial charge in [-0.3, -0.25) is 0 Å². The first kappa shape index (κ1) is 25.3. The van der Waals surface area contributed by atoms with Crippen LogP contribution in [0, 0.1) is 22.9 Å². The maximum atomic E-state index is 3.75. The Morgan fingerprint density at radius 1 is 0.462 bits per heavy atom. The first-order valence-corrected chi connectivity index (χ1v) is 16.5. The van der Waals surface area contributed by atoms with Gasteiger partial charge in [-0.05, 0) is 48.4 Å². The van der Waals surface area contributed by atoms with Crippen molar-refractivity contribution in [2.45, 2.75) is 116 Å². The molecule has 0 aromatic heterocycles. The van der Waals surface area contributed by atoms with E-state index < -0.39 is 16.1 Å². The Morgan fingerprint density at radius 3 is 0.885 bits per heavy atom. The Hall–Kier alpha value is -0.706. The first-order chi connectivity index (χ1) is 12.6. The lowest BCUT2D eigenvalue weighted by molar-refractivity contribution is 0.940. The number of hydrogen-bond donors (Lipinski definition) is 0. The molecule has 0 atom stereocenters. The summed E-state index contributed by atoms with van der Waals surface area (Å²) in [7, 11) is -2.76. The Morgan fingerprint density at radius 2 is 0.692 bits per heavy atom. The highest BCUT2D eigenvalue weighted by Gasteiger charge is 2.28. The molecule has 0 heterocycles. The largest absolute Gasteiger partial charge is 0.138 e. The minimum Gasteiger partial charge on any atom is -0.126 e. The second-order valence-corrected chi connectivity index (χ2v) is 16.6. The van der Waals surface area contributed by atoms with E-state index in [9.17, 15) is 0 Å². The van der Waals surface area contributed by atoms with Crippen LogP contribution < -0.4 is 0 Å². The number of allylic oxidation sites excluding steroid dienone is 2. The van der Waals surface area contributed by atoms with E-state index in [1.807, 2.05) is 12.2 Å². The van der Waals surface area contributed by atoms with Gasteiger partial charge in [-0.25, -0.2) is 0 Å². The summed E-state index contributed by atoms with van der Waals surface area (Å²) in [5.41, 5.74) is 7.51. The van der Waals surface area contributed by atoms with E-state index in [4.69, 9.17) is 0 Å². The summed E-state index contributed by atoms with van der Waals surface area (Å²) >= 11 is 0. The van der Waals surface area contributed by atoms with Crippen molar-refractivity contribution in [3.05, 3.63) is 12.2 Å². The SMILES string of the molecule is CCC[Si](C#C/C=C\C#C[Si](CCC)(CCC)CCC)(CCC)CCC. The van der Waals surface area contributed by atoms with Crippen molar-refractivity contribution in [1.29, 1.82) is 0 Å². The van der Waals surface area contributed by atoms with Gasteiger partial charge in [0.1, 0.15) is 16.1 Å². The van der Waals surface area contributed by atoms with Gasteiger partial charge < -0.3 is 0 Å². The maximum absolute atomic E-state index is 3.75. The zero-order valence-corrected chi connectivity index (χ0v) is 20.6. The van der Waals surface area contributed by atoms with Crippen LogP contribution in [-0.2, 0) is 0 Å². The Labute approximate surface area is 167 Å². The summed E-state index contributed by atoms with van der Waals surface area (Å²) in [6, 6.07) is 8.17. The highest BCUT2D eigenvalue weighted by Crippen LogP contribution is 2.26. The van der Waals surface area contributed by atoms with Crippen molar-refractivity contribution in [1.82, 2.24) is 0 Å². The van der Waals surface area contributed by atoms with Crippen molar-refractivity contribution < 1.29 is 0 Å². The molecule has 148 valence electrons. The molecule has 0 nitrogen and oxygen atoms in total. The average Bonchev–Trinajstić information content (AvgIpc) is 2.59. The van der Waals surface area contributed by atoms with Crippen LogP contribution in [0.2, 0.25) is 36.3 Å².